The molecule has 0 unspecified atom stereocenters. The van der Waals surface area contributed by atoms with Crippen LogP contribution in [0, 0.1) is 13.8 Å². The zero-order chi connectivity index (χ0) is 16.0. The molecule has 1 aliphatic heterocycles. The second-order valence-electron chi connectivity index (χ2n) is 6.55. The molecule has 0 bridgehead atoms. The minimum atomic E-state index is 0.964. The number of aryl methyl sites for hydroxylation is 2. The molecule has 116 valence electrons. The van der Waals surface area contributed by atoms with Crippen molar-refractivity contribution in [3.8, 4) is 11.1 Å². The van der Waals surface area contributed by atoms with E-state index < -0.39 is 0 Å². The molecule has 0 saturated carbocycles. The molecule has 0 radical (unpaired) electrons. The maximum absolute atomic E-state index is 4.31. The van der Waals surface area contributed by atoms with Gasteiger partial charge >= 0.3 is 0 Å². The summed E-state index contributed by atoms with van der Waals surface area (Å²) >= 11 is 0. The lowest BCUT2D eigenvalue weighted by Gasteiger charge is -2.38. The fourth-order valence-electron chi connectivity index (χ4n) is 3.56. The number of nitrogens with one attached hydrogen (secondary N) is 1. The number of allylic oxidation sites excluding steroid dienone is 3. The van der Waals surface area contributed by atoms with Gasteiger partial charge < -0.3 is 5.01 Å². The molecule has 2 aromatic rings. The number of nitrogens with zero attached hydrogens (tertiary/aromatic N) is 1. The van der Waals surface area contributed by atoms with Crippen molar-refractivity contribution in [3.63, 3.8) is 0 Å². The molecule has 1 aliphatic carbocycles. The van der Waals surface area contributed by atoms with Gasteiger partial charge in [-0.3, -0.25) is 0 Å². The Bertz CT molecular complexity index is 826. The van der Waals surface area contributed by atoms with Crippen molar-refractivity contribution in [2.75, 3.05) is 13.1 Å². The highest BCUT2D eigenvalue weighted by molar-refractivity contribution is 5.84. The zero-order valence-corrected chi connectivity index (χ0v) is 13.8. The summed E-state index contributed by atoms with van der Waals surface area (Å²) in [5.74, 6) is 0. The first kappa shape index (κ1) is 14.3. The van der Waals surface area contributed by atoms with Gasteiger partial charge in [-0.2, -0.15) is 0 Å². The number of hydrazine groups is 1. The molecule has 2 aliphatic rings. The Kier molecular flexibility index (Phi) is 3.35. The monoisotopic (exact) mass is 302 g/mol. The van der Waals surface area contributed by atoms with Crippen LogP contribution in [0.25, 0.3) is 16.7 Å². The molecule has 2 nitrogen and oxygen atoms in total. The average Bonchev–Trinajstić information content (AvgIpc) is 2.46. The van der Waals surface area contributed by atoms with Crippen LogP contribution in [-0.4, -0.2) is 18.1 Å². The minimum absolute atomic E-state index is 0.964. The van der Waals surface area contributed by atoms with Crippen LogP contribution in [0.5, 0.6) is 0 Å². The Balaban J connectivity index is 1.87. The third-order valence-electron chi connectivity index (χ3n) is 4.86. The van der Waals surface area contributed by atoms with Gasteiger partial charge in [0.25, 0.3) is 0 Å². The molecule has 1 saturated heterocycles. The van der Waals surface area contributed by atoms with E-state index in [0.717, 1.165) is 25.1 Å². The molecule has 0 spiro atoms. The van der Waals surface area contributed by atoms with E-state index in [1.54, 1.807) is 0 Å². The molecular weight excluding hydrogens is 280 g/mol. The van der Waals surface area contributed by atoms with Gasteiger partial charge in [0.05, 0.1) is 0 Å². The van der Waals surface area contributed by atoms with Crippen LogP contribution in [0.4, 0.5) is 0 Å². The number of benzene rings is 2. The molecule has 0 amide bonds. The van der Waals surface area contributed by atoms with Crippen molar-refractivity contribution < 1.29 is 0 Å². The maximum Gasteiger partial charge on any atom is 0.0484 e. The van der Waals surface area contributed by atoms with Gasteiger partial charge in [0.1, 0.15) is 0 Å². The fraction of sp³-hybridized carbons (Fsp3) is 0.238. The largest absolute Gasteiger partial charge is 0.311 e. The molecular formula is C21H22N2. The van der Waals surface area contributed by atoms with Crippen LogP contribution in [0.2, 0.25) is 0 Å². The van der Waals surface area contributed by atoms with Crippen LogP contribution in [0.1, 0.15) is 22.3 Å². The number of fused-ring (bicyclic) bond motifs is 1. The zero-order valence-electron chi connectivity index (χ0n) is 13.8. The standard InChI is InChI=1S/C21H22N2/c1-14-10-19-16(3)12-17(23-9-8-22-23)13-21(19)20(11-14)18-7-5-4-6-15(18)2/h4-7,10-12,22H,3,8-9,13H2,1-2H3. The van der Waals surface area contributed by atoms with Gasteiger partial charge in [0.2, 0.25) is 0 Å². The molecule has 2 aromatic carbocycles. The molecule has 2 heteroatoms. The lowest BCUT2D eigenvalue weighted by atomic mass is 9.83. The van der Waals surface area contributed by atoms with E-state index in [4.69, 9.17) is 0 Å². The highest BCUT2D eigenvalue weighted by atomic mass is 15.6. The lowest BCUT2D eigenvalue weighted by Crippen LogP contribution is -2.53. The van der Waals surface area contributed by atoms with Gasteiger partial charge in [0, 0.05) is 25.2 Å². The first-order valence-corrected chi connectivity index (χ1v) is 8.24. The van der Waals surface area contributed by atoms with Crippen molar-refractivity contribution in [2.45, 2.75) is 20.3 Å². The Hall–Kier alpha value is -2.32. The predicted molar refractivity (Wildman–Crippen MR) is 96.9 cm³/mol. The van der Waals surface area contributed by atoms with Crippen molar-refractivity contribution in [1.29, 1.82) is 0 Å². The summed E-state index contributed by atoms with van der Waals surface area (Å²) in [5, 5.41) is 2.25. The molecule has 0 aromatic heterocycles. The van der Waals surface area contributed by atoms with Crippen LogP contribution in [-0.2, 0) is 6.42 Å². The molecule has 1 fully saturated rings. The van der Waals surface area contributed by atoms with E-state index in [-0.39, 0.29) is 0 Å². The van der Waals surface area contributed by atoms with E-state index in [2.05, 4.69) is 73.3 Å². The Morgan fingerprint density at radius 1 is 1.04 bits per heavy atom. The van der Waals surface area contributed by atoms with Gasteiger partial charge in [0.15, 0.2) is 0 Å². The van der Waals surface area contributed by atoms with Crippen LogP contribution >= 0.6 is 0 Å². The number of hydrogen-bond acceptors (Lipinski definition) is 2. The topological polar surface area (TPSA) is 15.3 Å². The first-order chi connectivity index (χ1) is 11.1. The van der Waals surface area contributed by atoms with Crippen molar-refractivity contribution in [2.24, 2.45) is 0 Å². The summed E-state index contributed by atoms with van der Waals surface area (Å²) in [4.78, 5) is 0. The summed E-state index contributed by atoms with van der Waals surface area (Å²) in [6.45, 7) is 10.8. The Labute approximate surface area is 138 Å². The molecule has 1 N–H and O–H groups in total. The average molecular weight is 302 g/mol. The van der Waals surface area contributed by atoms with Crippen LogP contribution < -0.4 is 5.43 Å². The smallest absolute Gasteiger partial charge is 0.0484 e. The SMILES string of the molecule is C=C1C=C(N2CCN2)Cc2c1cc(C)cc2-c1ccccc1C. The third kappa shape index (κ3) is 2.40. The quantitative estimate of drug-likeness (QED) is 0.892. The van der Waals surface area contributed by atoms with Crippen molar-refractivity contribution in [3.05, 3.63) is 77.0 Å². The molecule has 1 heterocycles. The minimum Gasteiger partial charge on any atom is -0.311 e. The van der Waals surface area contributed by atoms with E-state index in [1.807, 2.05) is 0 Å². The van der Waals surface area contributed by atoms with E-state index >= 15 is 0 Å². The number of hydrogen-bond donors (Lipinski definition) is 1. The normalized spacial score (nSPS) is 16.7. The summed E-state index contributed by atoms with van der Waals surface area (Å²) in [5.41, 5.74) is 13.8. The fourth-order valence-corrected chi connectivity index (χ4v) is 3.56. The molecule has 23 heavy (non-hydrogen) atoms. The van der Waals surface area contributed by atoms with Crippen molar-refractivity contribution >= 4 is 5.57 Å². The van der Waals surface area contributed by atoms with E-state index in [1.165, 1.54) is 39.1 Å². The lowest BCUT2D eigenvalue weighted by molar-refractivity contribution is 0.148. The summed E-state index contributed by atoms with van der Waals surface area (Å²) in [6, 6.07) is 13.2. The first-order valence-electron chi connectivity index (χ1n) is 8.24. The second kappa shape index (κ2) is 5.39. The van der Waals surface area contributed by atoms with E-state index in [9.17, 15) is 0 Å². The second-order valence-corrected chi connectivity index (χ2v) is 6.55. The van der Waals surface area contributed by atoms with Gasteiger partial charge in [-0.1, -0.05) is 43.0 Å². The van der Waals surface area contributed by atoms with Gasteiger partial charge in [-0.05, 0) is 58.9 Å². The number of rotatable bonds is 2. The summed E-state index contributed by atoms with van der Waals surface area (Å²) in [6.07, 6.45) is 3.20. The molecule has 0 atom stereocenters. The van der Waals surface area contributed by atoms with Crippen molar-refractivity contribution in [1.82, 2.24) is 10.4 Å². The third-order valence-corrected chi connectivity index (χ3v) is 4.86. The van der Waals surface area contributed by atoms with Crippen LogP contribution in [0.3, 0.4) is 0 Å². The van der Waals surface area contributed by atoms with Gasteiger partial charge in [-0.25, -0.2) is 5.43 Å². The van der Waals surface area contributed by atoms with Crippen LogP contribution in [0.15, 0.2) is 54.8 Å². The highest BCUT2D eigenvalue weighted by Crippen LogP contribution is 2.38. The highest BCUT2D eigenvalue weighted by Gasteiger charge is 2.24. The summed E-state index contributed by atoms with van der Waals surface area (Å²) in [7, 11) is 0. The Morgan fingerprint density at radius 3 is 2.48 bits per heavy atom. The maximum atomic E-state index is 4.31. The Morgan fingerprint density at radius 2 is 1.78 bits per heavy atom. The van der Waals surface area contributed by atoms with E-state index in [0.29, 0.717) is 0 Å². The molecule has 4 rings (SSSR count). The summed E-state index contributed by atoms with van der Waals surface area (Å²) < 4.78 is 0. The predicted octanol–water partition coefficient (Wildman–Crippen LogP) is 4.24. The van der Waals surface area contributed by atoms with Gasteiger partial charge in [-0.15, -0.1) is 0 Å².